The van der Waals surface area contributed by atoms with Crippen molar-refractivity contribution < 1.29 is 19.0 Å². The lowest BCUT2D eigenvalue weighted by molar-refractivity contribution is -0.104. The van der Waals surface area contributed by atoms with Crippen molar-refractivity contribution in [2.75, 3.05) is 0 Å². The molecule has 0 saturated carbocycles. The van der Waals surface area contributed by atoms with Crippen LogP contribution in [0.1, 0.15) is 57.4 Å². The third-order valence-corrected chi connectivity index (χ3v) is 10.7. The van der Waals surface area contributed by atoms with Crippen LogP contribution >= 0.6 is 0 Å². The van der Waals surface area contributed by atoms with E-state index in [1.54, 1.807) is 30.5 Å². The average molecular weight is 441 g/mol. The Morgan fingerprint density at radius 3 is 2.52 bits per heavy atom. The Balaban J connectivity index is 1.79. The Morgan fingerprint density at radius 2 is 1.94 bits per heavy atom. The lowest BCUT2D eigenvalue weighted by Crippen LogP contribution is -2.50. The van der Waals surface area contributed by atoms with E-state index in [1.165, 1.54) is 0 Å². The largest absolute Gasteiger partial charge is 0.485 e. The summed E-state index contributed by atoms with van der Waals surface area (Å²) >= 11 is 0. The van der Waals surface area contributed by atoms with E-state index in [2.05, 4.69) is 44.9 Å². The highest BCUT2D eigenvalue weighted by Gasteiger charge is 2.44. The number of ether oxygens (including phenoxy) is 2. The maximum Gasteiger partial charge on any atom is 0.213 e. The second-order valence-corrected chi connectivity index (χ2v) is 14.9. The molecule has 1 aromatic carbocycles. The molecule has 3 rings (SSSR count). The molecule has 0 unspecified atom stereocenters. The zero-order valence-corrected chi connectivity index (χ0v) is 20.4. The van der Waals surface area contributed by atoms with Crippen LogP contribution in [0.3, 0.4) is 0 Å². The minimum absolute atomic E-state index is 0.144. The molecule has 2 heterocycles. The Kier molecular flexibility index (Phi) is 6.20. The maximum atomic E-state index is 10.9. The van der Waals surface area contributed by atoms with E-state index >= 15 is 0 Å². The van der Waals surface area contributed by atoms with Crippen molar-refractivity contribution in [3.63, 3.8) is 0 Å². The summed E-state index contributed by atoms with van der Waals surface area (Å²) in [6.45, 7) is 15.2. The zero-order valence-electron chi connectivity index (χ0n) is 19.4. The highest BCUT2D eigenvalue weighted by molar-refractivity contribution is 6.74. The molecule has 1 aliphatic heterocycles. The Bertz CT molecular complexity index is 975. The molecular formula is C24H32N2O4Si. The molecular weight excluding hydrogens is 408 g/mol. The van der Waals surface area contributed by atoms with E-state index < -0.39 is 26.1 Å². The zero-order chi connectivity index (χ0) is 23.0. The number of aliphatic hydroxyl groups is 1. The smallest absolute Gasteiger partial charge is 0.213 e. The quantitative estimate of drug-likeness (QED) is 0.649. The van der Waals surface area contributed by atoms with Gasteiger partial charge in [0, 0.05) is 17.8 Å². The lowest BCUT2D eigenvalue weighted by atomic mass is 9.87. The van der Waals surface area contributed by atoms with Gasteiger partial charge in [-0.05, 0) is 61.8 Å². The number of aliphatic hydroxyl groups excluding tert-OH is 1. The molecule has 0 spiro atoms. The molecule has 7 heteroatoms. The third-order valence-electron chi connectivity index (χ3n) is 6.27. The fourth-order valence-electron chi connectivity index (χ4n) is 3.12. The number of nitrogens with zero attached hydrogens (tertiary/aromatic N) is 2. The van der Waals surface area contributed by atoms with E-state index in [0.717, 1.165) is 5.56 Å². The van der Waals surface area contributed by atoms with Gasteiger partial charge in [-0.1, -0.05) is 20.8 Å². The summed E-state index contributed by atoms with van der Waals surface area (Å²) in [4.78, 5) is 4.43. The van der Waals surface area contributed by atoms with Crippen LogP contribution in [-0.4, -0.2) is 30.1 Å². The number of aromatic nitrogens is 1. The molecule has 2 aromatic rings. The molecule has 166 valence electrons. The summed E-state index contributed by atoms with van der Waals surface area (Å²) in [6, 6.07) is 11.0. The van der Waals surface area contributed by atoms with Crippen LogP contribution in [0.15, 0.2) is 36.5 Å². The topological polar surface area (TPSA) is 84.6 Å². The minimum Gasteiger partial charge on any atom is -0.485 e. The first kappa shape index (κ1) is 23.3. The molecule has 0 radical (unpaired) electrons. The van der Waals surface area contributed by atoms with Gasteiger partial charge in [0.15, 0.2) is 14.4 Å². The van der Waals surface area contributed by atoms with Crippen molar-refractivity contribution in [3.8, 4) is 17.7 Å². The van der Waals surface area contributed by atoms with Crippen LogP contribution in [0, 0.1) is 11.3 Å². The van der Waals surface area contributed by atoms with Gasteiger partial charge in [-0.2, -0.15) is 5.26 Å². The Morgan fingerprint density at radius 1 is 1.23 bits per heavy atom. The first-order chi connectivity index (χ1) is 14.3. The summed E-state index contributed by atoms with van der Waals surface area (Å²) in [5, 5.41) is 20.3. The predicted molar refractivity (Wildman–Crippen MR) is 121 cm³/mol. The van der Waals surface area contributed by atoms with Crippen molar-refractivity contribution in [2.24, 2.45) is 0 Å². The molecule has 1 N–H and O–H groups in total. The van der Waals surface area contributed by atoms with Crippen molar-refractivity contribution in [3.05, 3.63) is 53.2 Å². The summed E-state index contributed by atoms with van der Waals surface area (Å²) in [5.41, 5.74) is 1.24. The van der Waals surface area contributed by atoms with Crippen LogP contribution in [-0.2, 0) is 11.0 Å². The number of nitriles is 1. The number of pyridine rings is 1. The molecule has 6 nitrogen and oxygen atoms in total. The number of hydrogen-bond donors (Lipinski definition) is 1. The molecule has 0 fully saturated rings. The summed E-state index contributed by atoms with van der Waals surface area (Å²) in [5.74, 6) is 0.991. The summed E-state index contributed by atoms with van der Waals surface area (Å²) in [6.07, 6.45) is 0.109. The monoisotopic (exact) mass is 440 g/mol. The van der Waals surface area contributed by atoms with E-state index in [9.17, 15) is 10.4 Å². The molecule has 2 atom stereocenters. The van der Waals surface area contributed by atoms with Gasteiger partial charge < -0.3 is 19.0 Å². The molecule has 0 aliphatic carbocycles. The van der Waals surface area contributed by atoms with Crippen LogP contribution in [0.2, 0.25) is 18.1 Å². The molecule has 1 aliphatic rings. The van der Waals surface area contributed by atoms with Gasteiger partial charge in [0.2, 0.25) is 5.88 Å². The number of fused-ring (bicyclic) bond motifs is 1. The maximum absolute atomic E-state index is 10.9. The van der Waals surface area contributed by atoms with E-state index in [1.807, 2.05) is 19.9 Å². The molecule has 1 aromatic heterocycles. The molecule has 0 amide bonds. The van der Waals surface area contributed by atoms with Crippen LogP contribution < -0.4 is 9.47 Å². The summed E-state index contributed by atoms with van der Waals surface area (Å²) in [7, 11) is -1.84. The van der Waals surface area contributed by atoms with Gasteiger partial charge in [0.1, 0.15) is 17.5 Å². The van der Waals surface area contributed by atoms with Crippen molar-refractivity contribution in [1.29, 1.82) is 5.26 Å². The predicted octanol–water partition coefficient (Wildman–Crippen LogP) is 5.13. The van der Waals surface area contributed by atoms with Gasteiger partial charge in [-0.25, -0.2) is 4.98 Å². The molecule has 0 bridgehead atoms. The molecule has 0 saturated heterocycles. The SMILES string of the molecule is CC1(C)Oc2ccc(C#N)cc2[C@@H](Oc2ccc(CO[Si](C)(C)C(C)(C)C)cn2)[C@@H]1O. The standard InChI is InChI=1S/C24H32N2O4Si/c1-23(2,3)31(6,7)28-15-17-9-11-20(26-14-17)29-21-18-12-16(13-25)8-10-19(18)30-24(4,5)22(21)27/h8-12,14,21-22,27H,15H2,1-7H3/t21-,22+/m1/s1. The van der Waals surface area contributed by atoms with Crippen LogP contribution in [0.4, 0.5) is 0 Å². The Labute approximate surface area is 185 Å². The van der Waals surface area contributed by atoms with E-state index in [-0.39, 0.29) is 5.04 Å². The first-order valence-electron chi connectivity index (χ1n) is 10.5. The normalized spacial score (nSPS) is 20.4. The van der Waals surface area contributed by atoms with Crippen molar-refractivity contribution in [2.45, 2.75) is 77.2 Å². The molecule has 31 heavy (non-hydrogen) atoms. The highest BCUT2D eigenvalue weighted by Crippen LogP contribution is 2.42. The van der Waals surface area contributed by atoms with Crippen molar-refractivity contribution in [1.82, 2.24) is 4.98 Å². The summed E-state index contributed by atoms with van der Waals surface area (Å²) < 4.78 is 18.3. The van der Waals surface area contributed by atoms with Gasteiger partial charge in [-0.3, -0.25) is 0 Å². The first-order valence-corrected chi connectivity index (χ1v) is 13.4. The fraction of sp³-hybridized carbons (Fsp3) is 0.500. The van der Waals surface area contributed by atoms with Gasteiger partial charge in [0.05, 0.1) is 18.2 Å². The van der Waals surface area contributed by atoms with Gasteiger partial charge in [-0.15, -0.1) is 0 Å². The third kappa shape index (κ3) is 4.92. The highest BCUT2D eigenvalue weighted by atomic mass is 28.4. The minimum atomic E-state index is -1.84. The van der Waals surface area contributed by atoms with E-state index in [4.69, 9.17) is 13.9 Å². The Hall–Kier alpha value is -2.40. The second-order valence-electron chi connectivity index (χ2n) is 10.1. The number of benzene rings is 1. The number of rotatable bonds is 5. The fourth-order valence-corrected chi connectivity index (χ4v) is 4.08. The second kappa shape index (κ2) is 8.27. The van der Waals surface area contributed by atoms with Crippen molar-refractivity contribution >= 4 is 8.32 Å². The van der Waals surface area contributed by atoms with Gasteiger partial charge >= 0.3 is 0 Å². The van der Waals surface area contributed by atoms with Crippen LogP contribution in [0.25, 0.3) is 0 Å². The lowest BCUT2D eigenvalue weighted by Gasteiger charge is -2.41. The van der Waals surface area contributed by atoms with E-state index in [0.29, 0.717) is 29.4 Å². The average Bonchev–Trinajstić information content (AvgIpc) is 2.69. The van der Waals surface area contributed by atoms with Gasteiger partial charge in [0.25, 0.3) is 0 Å². The van der Waals surface area contributed by atoms with Crippen LogP contribution in [0.5, 0.6) is 11.6 Å². The number of hydrogen-bond acceptors (Lipinski definition) is 6.